The zero-order chi connectivity index (χ0) is 33.0. The first kappa shape index (κ1) is 33.3. The van der Waals surface area contributed by atoms with Gasteiger partial charge >= 0.3 is 12.1 Å². The highest BCUT2D eigenvalue weighted by molar-refractivity contribution is 6.00. The van der Waals surface area contributed by atoms with Crippen molar-refractivity contribution in [2.45, 2.75) is 52.6 Å². The van der Waals surface area contributed by atoms with Gasteiger partial charge in [-0.1, -0.05) is 44.5 Å². The number of amides is 4. The summed E-state index contributed by atoms with van der Waals surface area (Å²) in [4.78, 5) is 25.1. The molecule has 1 aliphatic heterocycles. The second kappa shape index (κ2) is 16.5. The number of hydrogen-bond acceptors (Lipinski definition) is 5. The maximum atomic E-state index is 12.6. The largest absolute Gasteiger partial charge is 0.493 e. The molecule has 1 heterocycles. The van der Waals surface area contributed by atoms with Gasteiger partial charge in [-0.05, 0) is 116 Å². The van der Waals surface area contributed by atoms with Crippen LogP contribution in [0.2, 0.25) is 0 Å². The quantitative estimate of drug-likeness (QED) is 0.116. The predicted molar refractivity (Wildman–Crippen MR) is 188 cm³/mol. The van der Waals surface area contributed by atoms with Gasteiger partial charge in [0.05, 0.1) is 13.2 Å². The Morgan fingerprint density at radius 2 is 1.15 bits per heavy atom. The molecule has 246 valence electrons. The van der Waals surface area contributed by atoms with Gasteiger partial charge in [0.1, 0.15) is 24.2 Å². The Morgan fingerprint density at radius 3 is 1.64 bits per heavy atom. The van der Waals surface area contributed by atoms with E-state index in [0.29, 0.717) is 29.6 Å². The molecule has 9 nitrogen and oxygen atoms in total. The van der Waals surface area contributed by atoms with Crippen molar-refractivity contribution in [3.05, 3.63) is 108 Å². The molecule has 0 bridgehead atoms. The first-order valence-corrected chi connectivity index (χ1v) is 16.3. The average Bonchev–Trinajstić information content (AvgIpc) is 3.99. The normalized spacial score (nSPS) is 14.6. The van der Waals surface area contributed by atoms with E-state index in [4.69, 9.17) is 14.2 Å². The molecule has 1 saturated carbocycles. The van der Waals surface area contributed by atoms with Gasteiger partial charge in [-0.3, -0.25) is 0 Å². The molecule has 1 saturated heterocycles. The number of hydrogen-bond donors (Lipinski definition) is 4. The molecule has 4 N–H and O–H groups in total. The number of nitrogens with one attached hydrogen (secondary N) is 4. The minimum atomic E-state index is -0.324. The zero-order valence-electron chi connectivity index (χ0n) is 27.3. The third-order valence-electron chi connectivity index (χ3n) is 7.40. The summed E-state index contributed by atoms with van der Waals surface area (Å²) in [5.74, 6) is 2.25. The number of benzene rings is 4. The summed E-state index contributed by atoms with van der Waals surface area (Å²) in [5, 5.41) is 11.5. The highest BCUT2D eigenvalue weighted by Gasteiger charge is 2.23. The maximum Gasteiger partial charge on any atom is 0.323 e. The molecule has 4 aromatic carbocycles. The van der Waals surface area contributed by atoms with E-state index in [1.54, 1.807) is 12.1 Å². The van der Waals surface area contributed by atoms with Crippen LogP contribution in [0.3, 0.4) is 0 Å². The summed E-state index contributed by atoms with van der Waals surface area (Å²) in [6.45, 7) is 8.27. The number of urea groups is 2. The minimum Gasteiger partial charge on any atom is -0.493 e. The van der Waals surface area contributed by atoms with Gasteiger partial charge in [0.25, 0.3) is 0 Å². The van der Waals surface area contributed by atoms with E-state index in [2.05, 4.69) is 41.2 Å². The van der Waals surface area contributed by atoms with Gasteiger partial charge in [-0.15, -0.1) is 0 Å². The second-order valence-corrected chi connectivity index (χ2v) is 12.0. The summed E-state index contributed by atoms with van der Waals surface area (Å²) in [6.07, 6.45) is 4.66. The first-order valence-electron chi connectivity index (χ1n) is 16.3. The molecule has 4 aromatic rings. The number of anilines is 4. The topological polar surface area (TPSA) is 113 Å². The van der Waals surface area contributed by atoms with Crippen LogP contribution >= 0.6 is 0 Å². The fourth-order valence-electron chi connectivity index (χ4n) is 4.62. The van der Waals surface area contributed by atoms with Crippen molar-refractivity contribution < 1.29 is 23.8 Å². The van der Waals surface area contributed by atoms with Gasteiger partial charge < -0.3 is 35.5 Å². The maximum absolute atomic E-state index is 12.6. The Hall–Kier alpha value is -5.02. The fourth-order valence-corrected chi connectivity index (χ4v) is 4.62. The van der Waals surface area contributed by atoms with Gasteiger partial charge in [-0.25, -0.2) is 9.59 Å². The lowest BCUT2D eigenvalue weighted by Gasteiger charge is -2.12. The zero-order valence-corrected chi connectivity index (χ0v) is 27.3. The Bertz CT molecular complexity index is 1600. The molecular weight excluding hydrogens is 592 g/mol. The molecule has 0 spiro atoms. The number of epoxide rings is 1. The van der Waals surface area contributed by atoms with E-state index in [9.17, 15) is 9.59 Å². The van der Waals surface area contributed by atoms with Crippen LogP contribution in [0.4, 0.5) is 32.3 Å². The van der Waals surface area contributed by atoms with E-state index in [1.165, 1.54) is 19.3 Å². The molecule has 1 aliphatic carbocycles. The van der Waals surface area contributed by atoms with Crippen LogP contribution in [-0.2, 0) is 11.2 Å². The van der Waals surface area contributed by atoms with Gasteiger partial charge in [0, 0.05) is 22.7 Å². The number of ether oxygens (including phenoxy) is 3. The van der Waals surface area contributed by atoms with Crippen molar-refractivity contribution in [1.29, 1.82) is 0 Å². The molecule has 2 aliphatic rings. The molecular formula is C38H44N4O5. The van der Waals surface area contributed by atoms with E-state index in [0.717, 1.165) is 53.5 Å². The van der Waals surface area contributed by atoms with Crippen molar-refractivity contribution >= 4 is 34.8 Å². The number of carbonyl (C=O) groups excluding carboxylic acids is 2. The molecule has 2 fully saturated rings. The smallest absolute Gasteiger partial charge is 0.323 e. The number of rotatable bonds is 12. The van der Waals surface area contributed by atoms with Crippen molar-refractivity contribution in [2.75, 3.05) is 41.1 Å². The Kier molecular flexibility index (Phi) is 11.7. The minimum absolute atomic E-state index is 0.198. The van der Waals surface area contributed by atoms with Crippen LogP contribution in [0.15, 0.2) is 91.0 Å². The van der Waals surface area contributed by atoms with Gasteiger partial charge in [-0.2, -0.15) is 0 Å². The van der Waals surface area contributed by atoms with Crippen LogP contribution in [0.1, 0.15) is 49.8 Å². The van der Waals surface area contributed by atoms with Crippen LogP contribution in [0.25, 0.3) is 0 Å². The molecule has 0 aromatic heterocycles. The summed E-state index contributed by atoms with van der Waals surface area (Å²) in [6, 6.07) is 27.8. The average molecular weight is 637 g/mol. The number of aryl methyl sites for hydroxylation is 1. The first-order chi connectivity index (χ1) is 22.9. The van der Waals surface area contributed by atoms with Crippen molar-refractivity contribution in [3.63, 3.8) is 0 Å². The van der Waals surface area contributed by atoms with Crippen LogP contribution in [-0.4, -0.2) is 38.0 Å². The standard InChI is InChI=1S/C35H36N4O5.C3H8/c1-23-18-26(6-17-33(23)39-35(41)38-29-9-13-30(14-10-29)42-20-25-2-3-25)19-24-4-7-27(8-5-24)36-34(40)37-28-11-15-31(16-12-28)43-21-32-22-44-32;1-3-2/h4-18,25,32H,2-3,19-22H2,1H3,(H2,36,37,40)(H2,38,39,41);3H2,1-2H3. The summed E-state index contributed by atoms with van der Waals surface area (Å²) < 4.78 is 16.5. The molecule has 1 atom stereocenters. The number of carbonyl (C=O) groups is 2. The molecule has 6 rings (SSSR count). The summed E-state index contributed by atoms with van der Waals surface area (Å²) >= 11 is 0. The lowest BCUT2D eigenvalue weighted by atomic mass is 10.0. The third kappa shape index (κ3) is 11.4. The molecule has 1 unspecified atom stereocenters. The lowest BCUT2D eigenvalue weighted by Crippen LogP contribution is -2.20. The van der Waals surface area contributed by atoms with E-state index < -0.39 is 0 Å². The van der Waals surface area contributed by atoms with Crippen molar-refractivity contribution in [3.8, 4) is 11.5 Å². The SMILES string of the molecule is CCC.Cc1cc(Cc2ccc(NC(=O)Nc3ccc(OCC4CO4)cc3)cc2)ccc1NC(=O)Nc1ccc(OCC2CC2)cc1. The highest BCUT2D eigenvalue weighted by Crippen LogP contribution is 2.30. The van der Waals surface area contributed by atoms with Crippen molar-refractivity contribution in [2.24, 2.45) is 5.92 Å². The molecule has 0 radical (unpaired) electrons. The lowest BCUT2D eigenvalue weighted by molar-refractivity contribution is 0.261. The molecule has 9 heteroatoms. The Labute approximate surface area is 277 Å². The predicted octanol–water partition coefficient (Wildman–Crippen LogP) is 8.86. The summed E-state index contributed by atoms with van der Waals surface area (Å²) in [7, 11) is 0. The molecule has 4 amide bonds. The second-order valence-electron chi connectivity index (χ2n) is 12.0. The Morgan fingerprint density at radius 1 is 0.681 bits per heavy atom. The van der Waals surface area contributed by atoms with E-state index >= 15 is 0 Å². The monoisotopic (exact) mass is 636 g/mol. The van der Waals surface area contributed by atoms with E-state index in [-0.39, 0.29) is 18.2 Å². The molecule has 47 heavy (non-hydrogen) atoms. The van der Waals surface area contributed by atoms with Gasteiger partial charge in [0.2, 0.25) is 0 Å². The fraction of sp³-hybridized carbons (Fsp3) is 0.316. The Balaban J connectivity index is 0.00000139. The van der Waals surface area contributed by atoms with E-state index in [1.807, 2.05) is 79.7 Å². The van der Waals surface area contributed by atoms with Crippen LogP contribution in [0.5, 0.6) is 11.5 Å². The van der Waals surface area contributed by atoms with Crippen molar-refractivity contribution in [1.82, 2.24) is 0 Å². The third-order valence-corrected chi connectivity index (χ3v) is 7.40. The van der Waals surface area contributed by atoms with Crippen LogP contribution in [0, 0.1) is 12.8 Å². The summed E-state index contributed by atoms with van der Waals surface area (Å²) in [5.41, 5.74) is 5.99. The van der Waals surface area contributed by atoms with Gasteiger partial charge in [0.15, 0.2) is 0 Å². The highest BCUT2D eigenvalue weighted by atomic mass is 16.6. The van der Waals surface area contributed by atoms with Crippen LogP contribution < -0.4 is 30.7 Å².